The van der Waals surface area contributed by atoms with E-state index in [0.29, 0.717) is 5.91 Å². The number of hydrogen-bond donors (Lipinski definition) is 1. The third-order valence-corrected chi connectivity index (χ3v) is 5.10. The number of thioether (sulfide) groups is 1. The van der Waals surface area contributed by atoms with Gasteiger partial charge >= 0.3 is 0 Å². The number of nitrogens with two attached hydrogens (primary N) is 1. The van der Waals surface area contributed by atoms with Crippen LogP contribution in [0.15, 0.2) is 0 Å². The number of carbonyl (C=O) groups excluding carboxylic acids is 1. The van der Waals surface area contributed by atoms with Crippen LogP contribution >= 0.6 is 24.2 Å². The third-order valence-electron chi connectivity index (χ3n) is 3.80. The Labute approximate surface area is 121 Å². The molecule has 2 atom stereocenters. The summed E-state index contributed by atoms with van der Waals surface area (Å²) in [6, 6.07) is 0.241. The van der Waals surface area contributed by atoms with Crippen LogP contribution in [0.2, 0.25) is 0 Å². The molecule has 0 radical (unpaired) electrons. The van der Waals surface area contributed by atoms with Crippen molar-refractivity contribution in [3.63, 3.8) is 0 Å². The van der Waals surface area contributed by atoms with Gasteiger partial charge in [-0.15, -0.1) is 12.4 Å². The summed E-state index contributed by atoms with van der Waals surface area (Å²) in [4.78, 5) is 14.5. The predicted molar refractivity (Wildman–Crippen MR) is 80.3 cm³/mol. The van der Waals surface area contributed by atoms with Crippen molar-refractivity contribution in [2.75, 3.05) is 18.8 Å². The number of nitrogens with zero attached hydrogens (tertiary/aromatic N) is 1. The summed E-state index contributed by atoms with van der Waals surface area (Å²) < 4.78 is 0.213. The summed E-state index contributed by atoms with van der Waals surface area (Å²) in [7, 11) is 0. The van der Waals surface area contributed by atoms with Crippen molar-refractivity contribution in [2.24, 2.45) is 11.7 Å². The van der Waals surface area contributed by atoms with Gasteiger partial charge in [0, 0.05) is 35.5 Å². The number of rotatable bonds is 1. The minimum Gasteiger partial charge on any atom is -0.340 e. The van der Waals surface area contributed by atoms with E-state index in [9.17, 15) is 4.79 Å². The molecular formula is C13H25ClN2OS. The lowest BCUT2D eigenvalue weighted by Crippen LogP contribution is -2.49. The van der Waals surface area contributed by atoms with E-state index in [0.717, 1.165) is 44.5 Å². The quantitative estimate of drug-likeness (QED) is 0.806. The largest absolute Gasteiger partial charge is 0.340 e. The molecule has 0 spiro atoms. The van der Waals surface area contributed by atoms with E-state index in [2.05, 4.69) is 18.7 Å². The molecule has 106 valence electrons. The molecule has 1 aliphatic carbocycles. The lowest BCUT2D eigenvalue weighted by atomic mass is 9.85. The highest BCUT2D eigenvalue weighted by Crippen LogP contribution is 2.32. The van der Waals surface area contributed by atoms with E-state index in [-0.39, 0.29) is 29.1 Å². The highest BCUT2D eigenvalue weighted by Gasteiger charge is 2.34. The first kappa shape index (κ1) is 16.1. The molecular weight excluding hydrogens is 268 g/mol. The zero-order valence-electron chi connectivity index (χ0n) is 11.4. The Morgan fingerprint density at radius 2 is 2.11 bits per heavy atom. The first-order valence-electron chi connectivity index (χ1n) is 6.66. The third kappa shape index (κ3) is 4.04. The van der Waals surface area contributed by atoms with Crippen LogP contribution in [0.3, 0.4) is 0 Å². The van der Waals surface area contributed by atoms with E-state index in [1.807, 2.05) is 11.8 Å². The fourth-order valence-corrected chi connectivity index (χ4v) is 4.03. The molecule has 2 rings (SSSR count). The highest BCUT2D eigenvalue weighted by molar-refractivity contribution is 8.00. The second-order valence-corrected chi connectivity index (χ2v) is 7.79. The van der Waals surface area contributed by atoms with Crippen LogP contribution in [0, 0.1) is 5.92 Å². The van der Waals surface area contributed by atoms with E-state index in [1.165, 1.54) is 0 Å². The fourth-order valence-electron chi connectivity index (χ4n) is 2.91. The smallest absolute Gasteiger partial charge is 0.225 e. The molecule has 5 heteroatoms. The molecule has 2 N–H and O–H groups in total. The van der Waals surface area contributed by atoms with Crippen LogP contribution < -0.4 is 5.73 Å². The summed E-state index contributed by atoms with van der Waals surface area (Å²) in [5.74, 6) is 1.61. The number of halogens is 1. The van der Waals surface area contributed by atoms with Crippen molar-refractivity contribution < 1.29 is 4.79 Å². The fraction of sp³-hybridized carbons (Fsp3) is 0.923. The Morgan fingerprint density at radius 1 is 1.39 bits per heavy atom. The Bertz CT molecular complexity index is 299. The first-order valence-corrected chi connectivity index (χ1v) is 7.65. The van der Waals surface area contributed by atoms with Crippen molar-refractivity contribution in [1.29, 1.82) is 0 Å². The molecule has 1 amide bonds. The van der Waals surface area contributed by atoms with E-state index < -0.39 is 0 Å². The molecule has 1 saturated carbocycles. The van der Waals surface area contributed by atoms with Gasteiger partial charge in [0.05, 0.1) is 0 Å². The number of hydrogen-bond acceptors (Lipinski definition) is 3. The molecule has 3 nitrogen and oxygen atoms in total. The number of amides is 1. The van der Waals surface area contributed by atoms with Crippen molar-refractivity contribution in [3.05, 3.63) is 0 Å². The Morgan fingerprint density at radius 3 is 2.72 bits per heavy atom. The molecule has 0 aromatic carbocycles. The number of carbonyl (C=O) groups is 1. The molecule has 1 heterocycles. The predicted octanol–water partition coefficient (Wildman–Crippen LogP) is 2.28. The van der Waals surface area contributed by atoms with Gasteiger partial charge in [0.15, 0.2) is 0 Å². The minimum atomic E-state index is 0. The van der Waals surface area contributed by atoms with Crippen molar-refractivity contribution in [2.45, 2.75) is 50.3 Å². The van der Waals surface area contributed by atoms with Gasteiger partial charge in [-0.3, -0.25) is 4.79 Å². The maximum atomic E-state index is 12.4. The van der Waals surface area contributed by atoms with Gasteiger partial charge < -0.3 is 10.6 Å². The van der Waals surface area contributed by atoms with Crippen molar-refractivity contribution in [1.82, 2.24) is 4.90 Å². The molecule has 2 unspecified atom stereocenters. The molecule has 0 bridgehead atoms. The van der Waals surface area contributed by atoms with Gasteiger partial charge in [0.25, 0.3) is 0 Å². The first-order chi connectivity index (χ1) is 7.98. The van der Waals surface area contributed by atoms with Gasteiger partial charge in [-0.2, -0.15) is 11.8 Å². The Balaban J connectivity index is 0.00000162. The zero-order valence-corrected chi connectivity index (χ0v) is 13.0. The van der Waals surface area contributed by atoms with Crippen LogP contribution in [-0.4, -0.2) is 40.4 Å². The van der Waals surface area contributed by atoms with Crippen LogP contribution in [0.25, 0.3) is 0 Å². The molecule has 18 heavy (non-hydrogen) atoms. The maximum Gasteiger partial charge on any atom is 0.225 e. The maximum absolute atomic E-state index is 12.4. The molecule has 1 aliphatic heterocycles. The van der Waals surface area contributed by atoms with Gasteiger partial charge in [-0.25, -0.2) is 0 Å². The monoisotopic (exact) mass is 292 g/mol. The molecule has 1 saturated heterocycles. The van der Waals surface area contributed by atoms with Gasteiger partial charge in [-0.1, -0.05) is 6.42 Å². The molecule has 0 aromatic rings. The highest BCUT2D eigenvalue weighted by atomic mass is 35.5. The topological polar surface area (TPSA) is 46.3 Å². The molecule has 2 aliphatic rings. The molecule has 2 fully saturated rings. The van der Waals surface area contributed by atoms with E-state index >= 15 is 0 Å². The van der Waals surface area contributed by atoms with E-state index in [4.69, 9.17) is 5.73 Å². The average molecular weight is 293 g/mol. The van der Waals surface area contributed by atoms with Crippen molar-refractivity contribution >= 4 is 30.1 Å². The minimum absolute atomic E-state index is 0. The van der Waals surface area contributed by atoms with Gasteiger partial charge in [0.1, 0.15) is 0 Å². The standard InChI is InChI=1S/C13H24N2OS.ClH/c1-13(2)9-15(6-7-17-13)12(16)10-4-3-5-11(14)8-10;/h10-11H,3-9,14H2,1-2H3;1H. The zero-order chi connectivity index (χ0) is 12.5. The lowest BCUT2D eigenvalue weighted by Gasteiger charge is -2.40. The summed E-state index contributed by atoms with van der Waals surface area (Å²) >= 11 is 1.97. The van der Waals surface area contributed by atoms with Crippen LogP contribution in [0.1, 0.15) is 39.5 Å². The summed E-state index contributed by atoms with van der Waals surface area (Å²) in [6.07, 6.45) is 4.13. The lowest BCUT2D eigenvalue weighted by molar-refractivity contribution is -0.137. The Kier molecular flexibility index (Phi) is 5.81. The van der Waals surface area contributed by atoms with Gasteiger partial charge in [0.2, 0.25) is 5.91 Å². The van der Waals surface area contributed by atoms with Crippen molar-refractivity contribution in [3.8, 4) is 0 Å². The van der Waals surface area contributed by atoms with Crippen LogP contribution in [0.5, 0.6) is 0 Å². The second kappa shape index (κ2) is 6.49. The second-order valence-electron chi connectivity index (χ2n) is 5.99. The average Bonchev–Trinajstić information content (AvgIpc) is 2.26. The summed E-state index contributed by atoms with van der Waals surface area (Å²) in [5, 5.41) is 0. The Hall–Kier alpha value is 0.0700. The summed E-state index contributed by atoms with van der Waals surface area (Å²) in [5.41, 5.74) is 5.97. The van der Waals surface area contributed by atoms with Gasteiger partial charge in [-0.05, 0) is 33.1 Å². The van der Waals surface area contributed by atoms with Crippen LogP contribution in [0.4, 0.5) is 0 Å². The summed E-state index contributed by atoms with van der Waals surface area (Å²) in [6.45, 7) is 6.26. The SMILES string of the molecule is CC1(C)CN(C(=O)C2CCCC(N)C2)CCS1.Cl. The normalized spacial score (nSPS) is 31.6. The van der Waals surface area contributed by atoms with E-state index in [1.54, 1.807) is 0 Å². The molecule has 0 aromatic heterocycles. The van der Waals surface area contributed by atoms with Crippen LogP contribution in [-0.2, 0) is 4.79 Å².